The maximum atomic E-state index is 13.2. The van der Waals surface area contributed by atoms with Crippen LogP contribution in [0.25, 0.3) is 10.8 Å². The maximum Gasteiger partial charge on any atom is 0.243 e. The number of nitrogens with zero attached hydrogens (tertiary/aromatic N) is 2. The van der Waals surface area contributed by atoms with Crippen LogP contribution in [0.5, 0.6) is 0 Å². The summed E-state index contributed by atoms with van der Waals surface area (Å²) in [6.07, 6.45) is 1.05. The van der Waals surface area contributed by atoms with E-state index in [9.17, 15) is 13.2 Å². The minimum absolute atomic E-state index is 0.000213. The lowest BCUT2D eigenvalue weighted by atomic mass is 9.97. The van der Waals surface area contributed by atoms with Gasteiger partial charge in [-0.15, -0.1) is 0 Å². The lowest BCUT2D eigenvalue weighted by Gasteiger charge is -2.30. The first kappa shape index (κ1) is 25.4. The molecule has 3 aromatic rings. The fourth-order valence-corrected chi connectivity index (χ4v) is 6.00. The van der Waals surface area contributed by atoms with Crippen LogP contribution in [0, 0.1) is 5.92 Å². The number of nitrogens with one attached hydrogen (secondary N) is 1. The molecule has 6 nitrogen and oxygen atoms in total. The number of fused-ring (bicyclic) bond motifs is 1. The van der Waals surface area contributed by atoms with Crippen molar-refractivity contribution in [3.05, 3.63) is 77.9 Å². The number of hydrogen-bond donors (Lipinski definition) is 1. The van der Waals surface area contributed by atoms with Crippen LogP contribution in [0.3, 0.4) is 0 Å². The first-order valence-electron chi connectivity index (χ1n) is 12.3. The van der Waals surface area contributed by atoms with Crippen LogP contribution in [0.2, 0.25) is 0 Å². The highest BCUT2D eigenvalue weighted by molar-refractivity contribution is 7.89. The van der Waals surface area contributed by atoms with Gasteiger partial charge in [0.1, 0.15) is 0 Å². The van der Waals surface area contributed by atoms with Crippen molar-refractivity contribution in [2.24, 2.45) is 5.92 Å². The quantitative estimate of drug-likeness (QED) is 0.505. The average molecular weight is 494 g/mol. The largest absolute Gasteiger partial charge is 0.352 e. The molecule has 186 valence electrons. The van der Waals surface area contributed by atoms with Crippen molar-refractivity contribution in [2.45, 2.75) is 50.7 Å². The second-order valence-electron chi connectivity index (χ2n) is 9.68. The van der Waals surface area contributed by atoms with Crippen molar-refractivity contribution in [3.63, 3.8) is 0 Å². The molecule has 1 N–H and O–H groups in total. The van der Waals surface area contributed by atoms with E-state index in [0.717, 1.165) is 22.9 Å². The van der Waals surface area contributed by atoms with Crippen LogP contribution < -0.4 is 5.32 Å². The zero-order valence-electron chi connectivity index (χ0n) is 20.8. The van der Waals surface area contributed by atoms with E-state index in [1.807, 2.05) is 42.5 Å². The Morgan fingerprint density at radius 1 is 0.971 bits per heavy atom. The topological polar surface area (TPSA) is 69.7 Å². The molecule has 1 aliphatic heterocycles. The minimum Gasteiger partial charge on any atom is -0.352 e. The van der Waals surface area contributed by atoms with E-state index in [1.54, 1.807) is 12.1 Å². The molecule has 0 spiro atoms. The van der Waals surface area contributed by atoms with Crippen LogP contribution in [0.1, 0.15) is 37.8 Å². The highest BCUT2D eigenvalue weighted by atomic mass is 32.2. The zero-order chi connectivity index (χ0) is 25.0. The van der Waals surface area contributed by atoms with Crippen molar-refractivity contribution < 1.29 is 13.2 Å². The van der Waals surface area contributed by atoms with Crippen molar-refractivity contribution >= 4 is 26.7 Å². The number of amides is 1. The average Bonchev–Trinajstić information content (AvgIpc) is 2.87. The Kier molecular flexibility index (Phi) is 7.89. The number of carbonyl (C=O) groups is 1. The minimum atomic E-state index is -3.59. The van der Waals surface area contributed by atoms with E-state index >= 15 is 0 Å². The van der Waals surface area contributed by atoms with Crippen LogP contribution >= 0.6 is 0 Å². The molecule has 1 heterocycles. The molecule has 0 saturated carbocycles. The van der Waals surface area contributed by atoms with Gasteiger partial charge in [-0.1, -0.05) is 54.6 Å². The molecule has 35 heavy (non-hydrogen) atoms. The summed E-state index contributed by atoms with van der Waals surface area (Å²) in [5, 5.41) is 5.01. The van der Waals surface area contributed by atoms with Crippen LogP contribution in [0.4, 0.5) is 0 Å². The number of hydrogen-bond acceptors (Lipinski definition) is 4. The summed E-state index contributed by atoms with van der Waals surface area (Å²) in [6, 6.07) is 21.6. The van der Waals surface area contributed by atoms with Gasteiger partial charge < -0.3 is 5.32 Å². The second-order valence-corrected chi connectivity index (χ2v) is 11.6. The Morgan fingerprint density at radius 3 is 2.29 bits per heavy atom. The first-order valence-corrected chi connectivity index (χ1v) is 13.7. The van der Waals surface area contributed by atoms with Crippen molar-refractivity contribution in [1.82, 2.24) is 14.5 Å². The van der Waals surface area contributed by atoms with E-state index in [-0.39, 0.29) is 11.8 Å². The van der Waals surface area contributed by atoms with Gasteiger partial charge in [-0.3, -0.25) is 9.69 Å². The van der Waals surface area contributed by atoms with Gasteiger partial charge >= 0.3 is 0 Å². The Bertz CT molecular complexity index is 1280. The predicted octanol–water partition coefficient (Wildman–Crippen LogP) is 4.40. The highest BCUT2D eigenvalue weighted by Crippen LogP contribution is 2.26. The Labute approximate surface area is 209 Å². The summed E-state index contributed by atoms with van der Waals surface area (Å²) in [4.78, 5) is 15.5. The SMILES string of the molecule is CC(C)N(C)Cc1ccccc1CNC(=O)C1CCN(S(=O)(=O)c2ccc3ccccc3c2)CC1. The monoisotopic (exact) mass is 493 g/mol. The predicted molar refractivity (Wildman–Crippen MR) is 140 cm³/mol. The molecule has 3 aromatic carbocycles. The summed E-state index contributed by atoms with van der Waals surface area (Å²) >= 11 is 0. The third-order valence-corrected chi connectivity index (χ3v) is 8.95. The van der Waals surface area contributed by atoms with Crippen molar-refractivity contribution in [2.75, 3.05) is 20.1 Å². The van der Waals surface area contributed by atoms with Gasteiger partial charge in [-0.2, -0.15) is 4.31 Å². The van der Waals surface area contributed by atoms with Gasteiger partial charge in [-0.05, 0) is 67.8 Å². The van der Waals surface area contributed by atoms with Crippen molar-refractivity contribution in [1.29, 1.82) is 0 Å². The van der Waals surface area contributed by atoms with Gasteiger partial charge in [0.2, 0.25) is 15.9 Å². The van der Waals surface area contributed by atoms with E-state index in [2.05, 4.69) is 43.2 Å². The summed E-state index contributed by atoms with van der Waals surface area (Å²) in [6.45, 7) is 6.34. The normalized spacial score (nSPS) is 15.7. The Morgan fingerprint density at radius 2 is 1.60 bits per heavy atom. The Balaban J connectivity index is 1.34. The van der Waals surface area contributed by atoms with E-state index in [4.69, 9.17) is 0 Å². The first-order chi connectivity index (χ1) is 16.8. The lowest BCUT2D eigenvalue weighted by molar-refractivity contribution is -0.126. The molecule has 0 radical (unpaired) electrons. The van der Waals surface area contributed by atoms with Gasteiger partial charge in [0.25, 0.3) is 0 Å². The molecular formula is C28H35N3O3S. The number of rotatable bonds is 8. The van der Waals surface area contributed by atoms with E-state index in [1.165, 1.54) is 9.87 Å². The third kappa shape index (κ3) is 5.92. The second kappa shape index (κ2) is 10.9. The molecule has 0 aromatic heterocycles. The number of sulfonamides is 1. The number of benzene rings is 3. The molecule has 0 bridgehead atoms. The summed E-state index contributed by atoms with van der Waals surface area (Å²) in [5.74, 6) is -0.177. The lowest BCUT2D eigenvalue weighted by Crippen LogP contribution is -2.42. The van der Waals surface area contributed by atoms with Crippen LogP contribution in [-0.4, -0.2) is 49.7 Å². The Hall–Kier alpha value is -2.74. The summed E-state index contributed by atoms with van der Waals surface area (Å²) in [5.41, 5.74) is 2.32. The van der Waals surface area contributed by atoms with Gasteiger partial charge in [-0.25, -0.2) is 8.42 Å². The highest BCUT2D eigenvalue weighted by Gasteiger charge is 2.32. The van der Waals surface area contributed by atoms with Gasteiger partial charge in [0, 0.05) is 38.1 Å². The van der Waals surface area contributed by atoms with Gasteiger partial charge in [0.15, 0.2) is 0 Å². The van der Waals surface area contributed by atoms with E-state index in [0.29, 0.717) is 43.4 Å². The molecule has 4 rings (SSSR count). The molecule has 1 saturated heterocycles. The molecule has 1 aliphatic rings. The maximum absolute atomic E-state index is 13.2. The fourth-order valence-electron chi connectivity index (χ4n) is 4.50. The summed E-state index contributed by atoms with van der Waals surface area (Å²) < 4.78 is 27.9. The third-order valence-electron chi connectivity index (χ3n) is 7.06. The van der Waals surface area contributed by atoms with Crippen molar-refractivity contribution in [3.8, 4) is 0 Å². The van der Waals surface area contributed by atoms with Crippen LogP contribution in [-0.2, 0) is 27.9 Å². The number of piperidine rings is 1. The standard InChI is InChI=1S/C28H35N3O3S/c1-21(2)30(3)20-26-11-7-6-10-25(26)19-29-28(32)23-14-16-31(17-15-23)35(33,34)27-13-12-22-8-4-5-9-24(22)18-27/h4-13,18,21,23H,14-17,19-20H2,1-3H3,(H,29,32). The smallest absolute Gasteiger partial charge is 0.243 e. The fraction of sp³-hybridized carbons (Fsp3) is 0.393. The van der Waals surface area contributed by atoms with Gasteiger partial charge in [0.05, 0.1) is 4.90 Å². The molecule has 1 amide bonds. The molecule has 0 aliphatic carbocycles. The zero-order valence-corrected chi connectivity index (χ0v) is 21.6. The molecule has 0 unspecified atom stereocenters. The molecule has 1 fully saturated rings. The summed E-state index contributed by atoms with van der Waals surface area (Å²) in [7, 11) is -1.49. The number of carbonyl (C=O) groups excluding carboxylic acids is 1. The molecule has 7 heteroatoms. The molecule has 0 atom stereocenters. The van der Waals surface area contributed by atoms with E-state index < -0.39 is 10.0 Å². The van der Waals surface area contributed by atoms with Crippen LogP contribution in [0.15, 0.2) is 71.6 Å². The molecular weight excluding hydrogens is 458 g/mol.